The summed E-state index contributed by atoms with van der Waals surface area (Å²) in [5.74, 6) is -1.51. The summed E-state index contributed by atoms with van der Waals surface area (Å²) >= 11 is 0. The number of fused-ring (bicyclic) bond motifs is 2. The van der Waals surface area contributed by atoms with Crippen LogP contribution >= 0.6 is 0 Å². The fourth-order valence-electron chi connectivity index (χ4n) is 5.74. The average molecular weight is 556 g/mol. The maximum atomic E-state index is 14.3. The Balaban J connectivity index is 1.23. The van der Waals surface area contributed by atoms with Gasteiger partial charge in [-0.3, -0.25) is 14.7 Å². The van der Waals surface area contributed by atoms with Crippen molar-refractivity contribution in [3.63, 3.8) is 0 Å². The number of carbonyl (C=O) groups is 2. The van der Waals surface area contributed by atoms with Gasteiger partial charge in [-0.25, -0.2) is 9.37 Å². The quantitative estimate of drug-likeness (QED) is 0.484. The molecule has 5 rings (SSSR count). The van der Waals surface area contributed by atoms with E-state index in [0.717, 1.165) is 6.20 Å². The number of halogens is 4. The molecule has 3 N–H and O–H groups in total. The largest absolute Gasteiger partial charge is 0.481 e. The van der Waals surface area contributed by atoms with E-state index < -0.39 is 54.5 Å². The van der Waals surface area contributed by atoms with Crippen molar-refractivity contribution >= 4 is 11.8 Å². The molecule has 0 radical (unpaired) electrons. The molecule has 212 valence electrons. The molecular formula is C25H29F4N5O5. The number of nitrogens with one attached hydrogen (secondary N) is 2. The first-order valence-corrected chi connectivity index (χ1v) is 12.7. The molecule has 39 heavy (non-hydrogen) atoms. The monoisotopic (exact) mass is 555 g/mol. The van der Waals surface area contributed by atoms with Crippen molar-refractivity contribution in [1.82, 2.24) is 25.4 Å². The number of nitrogens with zero attached hydrogens (tertiary/aromatic N) is 3. The molecule has 2 aromatic rings. The third-order valence-corrected chi connectivity index (χ3v) is 7.94. The maximum absolute atomic E-state index is 14.3. The first-order valence-electron chi connectivity index (χ1n) is 12.7. The van der Waals surface area contributed by atoms with Crippen molar-refractivity contribution in [3.05, 3.63) is 29.8 Å². The van der Waals surface area contributed by atoms with Crippen molar-refractivity contribution in [3.8, 4) is 17.1 Å². The summed E-state index contributed by atoms with van der Waals surface area (Å²) in [5, 5.41) is 19.5. The second kappa shape index (κ2) is 10.4. The zero-order valence-electron chi connectivity index (χ0n) is 21.1. The van der Waals surface area contributed by atoms with Crippen LogP contribution in [0.5, 0.6) is 5.88 Å². The lowest BCUT2D eigenvalue weighted by molar-refractivity contribution is -0.270. The lowest BCUT2D eigenvalue weighted by Crippen LogP contribution is -2.61. The summed E-state index contributed by atoms with van der Waals surface area (Å²) < 4.78 is 64.3. The van der Waals surface area contributed by atoms with Crippen LogP contribution < -0.4 is 10.1 Å². The molecule has 3 fully saturated rings. The van der Waals surface area contributed by atoms with Crippen LogP contribution in [0.4, 0.5) is 17.6 Å². The summed E-state index contributed by atoms with van der Waals surface area (Å²) in [6.45, 7) is 0.447. The van der Waals surface area contributed by atoms with Crippen molar-refractivity contribution in [2.75, 3.05) is 20.3 Å². The smallest absolute Gasteiger partial charge is 0.417 e. The molecule has 2 aromatic heterocycles. The second-order valence-electron chi connectivity index (χ2n) is 10.4. The third kappa shape index (κ3) is 5.31. The van der Waals surface area contributed by atoms with E-state index in [-0.39, 0.29) is 60.7 Å². The lowest BCUT2D eigenvalue weighted by Gasteiger charge is -2.48. The second-order valence-corrected chi connectivity index (χ2v) is 10.4. The highest BCUT2D eigenvalue weighted by Gasteiger charge is 2.55. The number of pyridine rings is 1. The number of hydrogen-bond donors (Lipinski definition) is 3. The SMILES string of the molecule is COc1cc(-c2cc(C(=O)N3C4COCC3CC(C(=O)N[C@H]3CC[C@@](O)(C(F)(F)F)CC3)C4)n[nH]2)c(F)cn1. The van der Waals surface area contributed by atoms with Crippen LogP contribution in [0.3, 0.4) is 0 Å². The van der Waals surface area contributed by atoms with Gasteiger partial charge in [-0.2, -0.15) is 18.3 Å². The first kappa shape index (κ1) is 27.3. The molecule has 2 aliphatic heterocycles. The Morgan fingerprint density at radius 1 is 1.21 bits per heavy atom. The van der Waals surface area contributed by atoms with Crippen LogP contribution in [0.15, 0.2) is 18.3 Å². The van der Waals surface area contributed by atoms with Gasteiger partial charge in [0.05, 0.1) is 44.3 Å². The molecule has 1 aliphatic carbocycles. The molecule has 2 atom stereocenters. The van der Waals surface area contributed by atoms with Gasteiger partial charge in [0.25, 0.3) is 5.91 Å². The van der Waals surface area contributed by atoms with E-state index in [1.807, 2.05) is 0 Å². The highest BCUT2D eigenvalue weighted by Crippen LogP contribution is 2.42. The van der Waals surface area contributed by atoms with Gasteiger partial charge in [-0.05, 0) is 44.6 Å². The third-order valence-electron chi connectivity index (χ3n) is 7.94. The van der Waals surface area contributed by atoms with Crippen LogP contribution in [-0.4, -0.2) is 87.2 Å². The number of aromatic nitrogens is 3. The molecule has 2 bridgehead atoms. The Hall–Kier alpha value is -3.26. The maximum Gasteiger partial charge on any atom is 0.417 e. The number of carbonyl (C=O) groups excluding carboxylic acids is 2. The van der Waals surface area contributed by atoms with E-state index in [0.29, 0.717) is 12.8 Å². The van der Waals surface area contributed by atoms with Crippen LogP contribution in [0.2, 0.25) is 0 Å². The predicted molar refractivity (Wildman–Crippen MR) is 127 cm³/mol. The van der Waals surface area contributed by atoms with Crippen LogP contribution in [0.25, 0.3) is 11.3 Å². The van der Waals surface area contributed by atoms with Gasteiger partial charge in [0.1, 0.15) is 0 Å². The minimum absolute atomic E-state index is 0.0283. The van der Waals surface area contributed by atoms with E-state index in [4.69, 9.17) is 9.47 Å². The summed E-state index contributed by atoms with van der Waals surface area (Å²) in [6.07, 6.45) is -3.92. The van der Waals surface area contributed by atoms with E-state index in [2.05, 4.69) is 20.5 Å². The van der Waals surface area contributed by atoms with E-state index in [9.17, 15) is 32.3 Å². The number of amides is 2. The molecule has 2 amide bonds. The highest BCUT2D eigenvalue weighted by atomic mass is 19.4. The molecule has 0 spiro atoms. The number of alkyl halides is 3. The first-order chi connectivity index (χ1) is 18.5. The highest BCUT2D eigenvalue weighted by molar-refractivity contribution is 5.94. The Morgan fingerprint density at radius 2 is 1.87 bits per heavy atom. The average Bonchev–Trinajstić information content (AvgIpc) is 3.38. The van der Waals surface area contributed by atoms with Gasteiger partial charge in [0.2, 0.25) is 11.8 Å². The van der Waals surface area contributed by atoms with Gasteiger partial charge in [-0.1, -0.05) is 0 Å². The van der Waals surface area contributed by atoms with E-state index in [1.54, 1.807) is 4.90 Å². The molecule has 1 saturated carbocycles. The number of rotatable bonds is 5. The summed E-state index contributed by atoms with van der Waals surface area (Å²) in [6, 6.07) is 1.58. The number of H-pyrrole nitrogens is 1. The van der Waals surface area contributed by atoms with Gasteiger partial charge >= 0.3 is 6.18 Å². The number of piperidine rings is 1. The Bertz CT molecular complexity index is 1220. The normalized spacial score (nSPS) is 29.1. The minimum atomic E-state index is -4.70. The topological polar surface area (TPSA) is 130 Å². The molecule has 0 aromatic carbocycles. The van der Waals surface area contributed by atoms with Gasteiger partial charge in [0.15, 0.2) is 17.1 Å². The van der Waals surface area contributed by atoms with E-state index >= 15 is 0 Å². The summed E-state index contributed by atoms with van der Waals surface area (Å²) in [4.78, 5) is 31.9. The lowest BCUT2D eigenvalue weighted by atomic mass is 9.80. The van der Waals surface area contributed by atoms with Gasteiger partial charge < -0.3 is 24.8 Å². The number of methoxy groups -OCH3 is 1. The predicted octanol–water partition coefficient (Wildman–Crippen LogP) is 2.59. The zero-order chi connectivity index (χ0) is 27.9. The Kier molecular flexibility index (Phi) is 7.27. The number of morpholine rings is 1. The van der Waals surface area contributed by atoms with Gasteiger partial charge in [-0.15, -0.1) is 0 Å². The van der Waals surface area contributed by atoms with Crippen LogP contribution in [0.1, 0.15) is 49.0 Å². The standard InChI is InChI=1S/C25H29F4N5O5/c1-38-21-8-17(18(26)10-30-21)19-9-20(33-32-19)23(36)34-15-6-13(7-16(34)12-39-11-15)22(35)31-14-2-4-24(37,5-3-14)25(27,28)29/h8-10,13-16,37H,2-7,11-12H2,1H3,(H,31,35)(H,32,33)/t13?,14-,15?,16?,24-. The molecule has 3 aliphatic rings. The van der Waals surface area contributed by atoms with Crippen molar-refractivity contribution in [1.29, 1.82) is 0 Å². The number of hydrogen-bond acceptors (Lipinski definition) is 7. The molecule has 14 heteroatoms. The molecule has 2 saturated heterocycles. The molecule has 10 nitrogen and oxygen atoms in total. The van der Waals surface area contributed by atoms with Gasteiger partial charge in [0, 0.05) is 23.6 Å². The van der Waals surface area contributed by atoms with Crippen LogP contribution in [-0.2, 0) is 9.53 Å². The van der Waals surface area contributed by atoms with Crippen molar-refractivity contribution in [2.45, 2.75) is 68.4 Å². The van der Waals surface area contributed by atoms with Crippen LogP contribution in [0, 0.1) is 11.7 Å². The molecular weight excluding hydrogens is 526 g/mol. The summed E-state index contributed by atoms with van der Waals surface area (Å²) in [7, 11) is 1.40. The minimum Gasteiger partial charge on any atom is -0.481 e. The fourth-order valence-corrected chi connectivity index (χ4v) is 5.74. The Labute approximate surface area is 221 Å². The number of ether oxygens (including phenoxy) is 2. The fraction of sp³-hybridized carbons (Fsp3) is 0.600. The number of aliphatic hydroxyl groups is 1. The number of aromatic amines is 1. The molecule has 4 heterocycles. The Morgan fingerprint density at radius 3 is 2.49 bits per heavy atom. The zero-order valence-corrected chi connectivity index (χ0v) is 21.1. The van der Waals surface area contributed by atoms with Crippen molar-refractivity contribution < 1.29 is 41.7 Å². The van der Waals surface area contributed by atoms with E-state index in [1.165, 1.54) is 19.2 Å². The molecule has 2 unspecified atom stereocenters. The van der Waals surface area contributed by atoms with Crippen molar-refractivity contribution in [2.24, 2.45) is 5.92 Å². The summed E-state index contributed by atoms with van der Waals surface area (Å²) in [5.41, 5.74) is -2.21.